The second-order valence-electron chi connectivity index (χ2n) is 4.72. The first-order chi connectivity index (χ1) is 9.33. The zero-order valence-corrected chi connectivity index (χ0v) is 12.1. The standard InChI is InChI=1S/C14H17N3.C2H6/c1-16-7-8-17-13(10-15-14(17)11-16)9-12-5-3-2-4-6-12;1-2/h2-6,10H,7-9,11H2,1H3;1-2H3. The lowest BCUT2D eigenvalue weighted by Gasteiger charge is -2.24. The molecule has 0 aliphatic carbocycles. The quantitative estimate of drug-likeness (QED) is 0.825. The summed E-state index contributed by atoms with van der Waals surface area (Å²) in [6, 6.07) is 10.6. The fraction of sp³-hybridized carbons (Fsp3) is 0.438. The van der Waals surface area contributed by atoms with Gasteiger partial charge in [-0.05, 0) is 12.6 Å². The zero-order valence-electron chi connectivity index (χ0n) is 12.1. The molecule has 3 heteroatoms. The molecule has 0 atom stereocenters. The smallest absolute Gasteiger partial charge is 0.123 e. The highest BCUT2D eigenvalue weighted by Crippen LogP contribution is 2.16. The number of imidazole rings is 1. The van der Waals surface area contributed by atoms with Gasteiger partial charge in [-0.2, -0.15) is 0 Å². The van der Waals surface area contributed by atoms with Crippen molar-refractivity contribution in [1.82, 2.24) is 14.5 Å². The van der Waals surface area contributed by atoms with Crippen molar-refractivity contribution in [2.24, 2.45) is 0 Å². The molecule has 1 aliphatic heterocycles. The van der Waals surface area contributed by atoms with Gasteiger partial charge in [-0.25, -0.2) is 4.98 Å². The summed E-state index contributed by atoms with van der Waals surface area (Å²) in [5.74, 6) is 1.20. The monoisotopic (exact) mass is 257 g/mol. The molecule has 1 aromatic carbocycles. The Morgan fingerprint density at radius 3 is 2.58 bits per heavy atom. The Labute approximate surface area is 115 Å². The normalized spacial score (nSPS) is 14.5. The first-order valence-corrected chi connectivity index (χ1v) is 7.08. The highest BCUT2D eigenvalue weighted by molar-refractivity contribution is 5.22. The molecule has 0 N–H and O–H groups in total. The van der Waals surface area contributed by atoms with E-state index in [4.69, 9.17) is 0 Å². The topological polar surface area (TPSA) is 21.1 Å². The lowest BCUT2D eigenvalue weighted by molar-refractivity contribution is 0.262. The minimum atomic E-state index is 0.967. The van der Waals surface area contributed by atoms with Gasteiger partial charge in [0.15, 0.2) is 0 Å². The number of benzene rings is 1. The fourth-order valence-corrected chi connectivity index (χ4v) is 2.39. The average Bonchev–Trinajstić information content (AvgIpc) is 2.84. The SMILES string of the molecule is CC.CN1CCn2c(Cc3ccccc3)cnc2C1. The molecule has 0 fully saturated rings. The van der Waals surface area contributed by atoms with E-state index in [0.717, 1.165) is 26.1 Å². The van der Waals surface area contributed by atoms with Gasteiger partial charge >= 0.3 is 0 Å². The molecule has 2 aromatic rings. The number of hydrogen-bond acceptors (Lipinski definition) is 2. The molecule has 2 heterocycles. The van der Waals surface area contributed by atoms with Crippen molar-refractivity contribution in [3.8, 4) is 0 Å². The van der Waals surface area contributed by atoms with Gasteiger partial charge in [-0.3, -0.25) is 4.90 Å². The molecule has 0 bridgehead atoms. The molecular formula is C16H23N3. The molecule has 3 rings (SSSR count). The Kier molecular flexibility index (Phi) is 4.74. The second kappa shape index (κ2) is 6.53. The molecule has 0 saturated carbocycles. The van der Waals surface area contributed by atoms with E-state index >= 15 is 0 Å². The number of aromatic nitrogens is 2. The van der Waals surface area contributed by atoms with Gasteiger partial charge in [0.05, 0.1) is 6.54 Å². The summed E-state index contributed by atoms with van der Waals surface area (Å²) in [6.07, 6.45) is 3.01. The Morgan fingerprint density at radius 2 is 1.84 bits per heavy atom. The maximum absolute atomic E-state index is 4.52. The summed E-state index contributed by atoms with van der Waals surface area (Å²) in [6.45, 7) is 7.15. The lowest BCUT2D eigenvalue weighted by Crippen LogP contribution is -2.31. The van der Waals surface area contributed by atoms with Gasteiger partial charge < -0.3 is 4.57 Å². The summed E-state index contributed by atoms with van der Waals surface area (Å²) in [5.41, 5.74) is 2.69. The second-order valence-corrected chi connectivity index (χ2v) is 4.72. The van der Waals surface area contributed by atoms with Gasteiger partial charge in [0, 0.05) is 31.4 Å². The molecule has 1 aliphatic rings. The van der Waals surface area contributed by atoms with Crippen molar-refractivity contribution in [2.75, 3.05) is 13.6 Å². The van der Waals surface area contributed by atoms with Crippen LogP contribution in [0.3, 0.4) is 0 Å². The van der Waals surface area contributed by atoms with E-state index < -0.39 is 0 Å². The van der Waals surface area contributed by atoms with Crippen molar-refractivity contribution in [3.05, 3.63) is 53.6 Å². The first kappa shape index (κ1) is 13.8. The largest absolute Gasteiger partial charge is 0.329 e. The molecule has 0 unspecified atom stereocenters. The van der Waals surface area contributed by atoms with Crippen LogP contribution in [-0.4, -0.2) is 28.0 Å². The van der Waals surface area contributed by atoms with E-state index in [1.165, 1.54) is 17.1 Å². The van der Waals surface area contributed by atoms with Crippen molar-refractivity contribution in [2.45, 2.75) is 33.4 Å². The Balaban J connectivity index is 0.000000637. The summed E-state index contributed by atoms with van der Waals surface area (Å²) in [4.78, 5) is 6.84. The Bertz CT molecular complexity index is 502. The lowest BCUT2D eigenvalue weighted by atomic mass is 10.1. The van der Waals surface area contributed by atoms with Gasteiger partial charge in [-0.15, -0.1) is 0 Å². The minimum Gasteiger partial charge on any atom is -0.329 e. The van der Waals surface area contributed by atoms with Crippen molar-refractivity contribution in [3.63, 3.8) is 0 Å². The minimum absolute atomic E-state index is 0.967. The van der Waals surface area contributed by atoms with Crippen LogP contribution in [0.1, 0.15) is 30.9 Å². The third kappa shape index (κ3) is 3.24. The van der Waals surface area contributed by atoms with E-state index in [9.17, 15) is 0 Å². The molecule has 3 nitrogen and oxygen atoms in total. The van der Waals surface area contributed by atoms with Gasteiger partial charge in [0.25, 0.3) is 0 Å². The van der Waals surface area contributed by atoms with Crippen LogP contribution in [0.5, 0.6) is 0 Å². The highest BCUT2D eigenvalue weighted by Gasteiger charge is 2.16. The van der Waals surface area contributed by atoms with Crippen LogP contribution in [0, 0.1) is 0 Å². The van der Waals surface area contributed by atoms with E-state index in [0.29, 0.717) is 0 Å². The predicted molar refractivity (Wildman–Crippen MR) is 79.2 cm³/mol. The zero-order chi connectivity index (χ0) is 13.7. The molecule has 102 valence electrons. The summed E-state index contributed by atoms with van der Waals surface area (Å²) < 4.78 is 2.37. The number of fused-ring (bicyclic) bond motifs is 1. The number of likely N-dealkylation sites (N-methyl/N-ethyl adjacent to an activating group) is 1. The van der Waals surface area contributed by atoms with Crippen molar-refractivity contribution < 1.29 is 0 Å². The van der Waals surface area contributed by atoms with E-state index in [1.54, 1.807) is 0 Å². The molecule has 0 spiro atoms. The third-order valence-corrected chi connectivity index (χ3v) is 3.37. The van der Waals surface area contributed by atoms with Gasteiger partial charge in [-0.1, -0.05) is 44.2 Å². The molecule has 19 heavy (non-hydrogen) atoms. The maximum atomic E-state index is 4.52. The highest BCUT2D eigenvalue weighted by atomic mass is 15.2. The number of rotatable bonds is 2. The van der Waals surface area contributed by atoms with Gasteiger partial charge in [0.2, 0.25) is 0 Å². The third-order valence-electron chi connectivity index (χ3n) is 3.37. The molecule has 0 saturated heterocycles. The maximum Gasteiger partial charge on any atom is 0.123 e. The van der Waals surface area contributed by atoms with Crippen LogP contribution in [0.2, 0.25) is 0 Å². The molecule has 0 radical (unpaired) electrons. The van der Waals surface area contributed by atoms with Crippen LogP contribution in [-0.2, 0) is 19.5 Å². The predicted octanol–water partition coefficient (Wildman–Crippen LogP) is 2.95. The Hall–Kier alpha value is -1.61. The van der Waals surface area contributed by atoms with Gasteiger partial charge in [0.1, 0.15) is 5.82 Å². The number of hydrogen-bond donors (Lipinski definition) is 0. The summed E-state index contributed by atoms with van der Waals surface area (Å²) in [7, 11) is 2.15. The van der Waals surface area contributed by atoms with Crippen molar-refractivity contribution >= 4 is 0 Å². The average molecular weight is 257 g/mol. The molecule has 1 aromatic heterocycles. The Morgan fingerprint density at radius 1 is 1.11 bits per heavy atom. The van der Waals surface area contributed by atoms with Crippen LogP contribution >= 0.6 is 0 Å². The molecule has 0 amide bonds. The van der Waals surface area contributed by atoms with E-state index in [-0.39, 0.29) is 0 Å². The first-order valence-electron chi connectivity index (χ1n) is 7.08. The van der Waals surface area contributed by atoms with Crippen LogP contribution in [0.15, 0.2) is 36.5 Å². The molecular weight excluding hydrogens is 234 g/mol. The van der Waals surface area contributed by atoms with Crippen LogP contribution in [0.25, 0.3) is 0 Å². The van der Waals surface area contributed by atoms with Crippen LogP contribution < -0.4 is 0 Å². The van der Waals surface area contributed by atoms with E-state index in [2.05, 4.69) is 51.8 Å². The number of nitrogens with zero attached hydrogens (tertiary/aromatic N) is 3. The van der Waals surface area contributed by atoms with Crippen LogP contribution in [0.4, 0.5) is 0 Å². The summed E-state index contributed by atoms with van der Waals surface area (Å²) >= 11 is 0. The van der Waals surface area contributed by atoms with E-state index in [1.807, 2.05) is 20.0 Å². The van der Waals surface area contributed by atoms with Crippen molar-refractivity contribution in [1.29, 1.82) is 0 Å². The summed E-state index contributed by atoms with van der Waals surface area (Å²) in [5, 5.41) is 0. The fourth-order valence-electron chi connectivity index (χ4n) is 2.39.